The molecule has 0 radical (unpaired) electrons. The molecule has 0 bridgehead atoms. The van der Waals surface area contributed by atoms with Crippen molar-refractivity contribution in [3.8, 4) is 11.4 Å². The highest BCUT2D eigenvalue weighted by Crippen LogP contribution is 2.25. The Morgan fingerprint density at radius 1 is 1.05 bits per heavy atom. The van der Waals surface area contributed by atoms with Crippen LogP contribution in [-0.4, -0.2) is 20.8 Å². The number of phenolic OH excluding ortho intramolecular Hbond substituents is 1. The summed E-state index contributed by atoms with van der Waals surface area (Å²) in [7, 11) is 0. The van der Waals surface area contributed by atoms with Crippen LogP contribution < -0.4 is 5.48 Å². The van der Waals surface area contributed by atoms with Crippen LogP contribution in [0.2, 0.25) is 0 Å². The van der Waals surface area contributed by atoms with Gasteiger partial charge in [-0.2, -0.15) is 0 Å². The molecule has 0 aliphatic rings. The van der Waals surface area contributed by atoms with Gasteiger partial charge < -0.3 is 9.67 Å². The second kappa shape index (κ2) is 4.71. The first kappa shape index (κ1) is 12.3. The molecule has 0 unspecified atom stereocenters. The van der Waals surface area contributed by atoms with Crippen LogP contribution in [0.25, 0.3) is 16.6 Å². The summed E-state index contributed by atoms with van der Waals surface area (Å²) in [4.78, 5) is 11.7. The summed E-state index contributed by atoms with van der Waals surface area (Å²) >= 11 is 0. The third-order valence-corrected chi connectivity index (χ3v) is 3.19. The predicted octanol–water partition coefficient (Wildman–Crippen LogP) is 2.46. The number of hydroxylamine groups is 1. The highest BCUT2D eigenvalue weighted by Gasteiger charge is 2.14. The van der Waals surface area contributed by atoms with E-state index in [-0.39, 0.29) is 5.75 Å². The van der Waals surface area contributed by atoms with Crippen LogP contribution in [0, 0.1) is 0 Å². The Balaban J connectivity index is 2.26. The minimum atomic E-state index is -0.557. The van der Waals surface area contributed by atoms with Crippen LogP contribution in [0.3, 0.4) is 0 Å². The number of aromatic nitrogens is 1. The zero-order valence-electron chi connectivity index (χ0n) is 10.4. The van der Waals surface area contributed by atoms with Crippen molar-refractivity contribution in [1.29, 1.82) is 0 Å². The van der Waals surface area contributed by atoms with Gasteiger partial charge >= 0.3 is 0 Å². The van der Waals surface area contributed by atoms with Gasteiger partial charge in [0.25, 0.3) is 5.91 Å². The molecular formula is C15H12N2O3. The first-order valence-electron chi connectivity index (χ1n) is 6.04. The molecule has 0 spiro atoms. The Labute approximate surface area is 114 Å². The van der Waals surface area contributed by atoms with Crippen LogP contribution in [0.1, 0.15) is 10.4 Å². The highest BCUT2D eigenvalue weighted by atomic mass is 16.5. The third-order valence-electron chi connectivity index (χ3n) is 3.19. The second-order valence-corrected chi connectivity index (χ2v) is 4.39. The summed E-state index contributed by atoms with van der Waals surface area (Å²) < 4.78 is 1.83. The van der Waals surface area contributed by atoms with E-state index in [0.29, 0.717) is 5.56 Å². The maximum absolute atomic E-state index is 11.7. The van der Waals surface area contributed by atoms with E-state index < -0.39 is 5.91 Å². The summed E-state index contributed by atoms with van der Waals surface area (Å²) in [5, 5.41) is 18.9. The van der Waals surface area contributed by atoms with Gasteiger partial charge in [0.05, 0.1) is 11.1 Å². The number of fused-ring (bicyclic) bond motifs is 1. The smallest absolute Gasteiger partial charge is 0.276 e. The van der Waals surface area contributed by atoms with Crippen molar-refractivity contribution in [2.24, 2.45) is 0 Å². The lowest BCUT2D eigenvalue weighted by molar-refractivity contribution is 0.0708. The van der Waals surface area contributed by atoms with Gasteiger partial charge in [0.1, 0.15) is 5.75 Å². The number of para-hydroxylation sites is 1. The van der Waals surface area contributed by atoms with E-state index >= 15 is 0 Å². The quantitative estimate of drug-likeness (QED) is 0.493. The number of benzene rings is 2. The molecule has 0 saturated heterocycles. The van der Waals surface area contributed by atoms with E-state index in [1.807, 2.05) is 28.8 Å². The standard InChI is InChI=1S/C15H12N2O3/c18-11-7-5-10(6-8-11)17-9-13(15(19)16-20)12-3-1-2-4-14(12)17/h1-9,18,20H,(H,16,19). The Hall–Kier alpha value is -2.79. The molecule has 5 nitrogen and oxygen atoms in total. The SMILES string of the molecule is O=C(NO)c1cn(-c2ccc(O)cc2)c2ccccc12. The number of aromatic hydroxyl groups is 1. The fraction of sp³-hybridized carbons (Fsp3) is 0. The van der Waals surface area contributed by atoms with Crippen LogP contribution in [-0.2, 0) is 0 Å². The minimum absolute atomic E-state index is 0.179. The molecule has 0 aliphatic carbocycles. The van der Waals surface area contributed by atoms with Crippen LogP contribution >= 0.6 is 0 Å². The number of nitrogens with one attached hydrogen (secondary N) is 1. The van der Waals surface area contributed by atoms with Crippen molar-refractivity contribution in [2.75, 3.05) is 0 Å². The topological polar surface area (TPSA) is 74.5 Å². The Bertz CT molecular complexity index is 775. The zero-order valence-corrected chi connectivity index (χ0v) is 10.4. The number of hydrogen-bond donors (Lipinski definition) is 3. The number of carbonyl (C=O) groups is 1. The third kappa shape index (κ3) is 1.90. The molecule has 0 saturated carbocycles. The van der Waals surface area contributed by atoms with Crippen molar-refractivity contribution in [3.63, 3.8) is 0 Å². The van der Waals surface area contributed by atoms with Gasteiger partial charge in [-0.05, 0) is 30.3 Å². The number of amides is 1. The molecule has 0 fully saturated rings. The zero-order chi connectivity index (χ0) is 14.1. The molecule has 3 N–H and O–H groups in total. The normalized spacial score (nSPS) is 10.7. The van der Waals surface area contributed by atoms with Crippen molar-refractivity contribution in [3.05, 3.63) is 60.3 Å². The van der Waals surface area contributed by atoms with Crippen LogP contribution in [0.15, 0.2) is 54.7 Å². The fourth-order valence-electron chi connectivity index (χ4n) is 2.25. The molecular weight excluding hydrogens is 256 g/mol. The lowest BCUT2D eigenvalue weighted by atomic mass is 10.2. The predicted molar refractivity (Wildman–Crippen MR) is 74.2 cm³/mol. The van der Waals surface area contributed by atoms with Crippen LogP contribution in [0.4, 0.5) is 0 Å². The van der Waals surface area contributed by atoms with Crippen LogP contribution in [0.5, 0.6) is 5.75 Å². The highest BCUT2D eigenvalue weighted by molar-refractivity contribution is 6.07. The first-order valence-corrected chi connectivity index (χ1v) is 6.04. The molecule has 1 aromatic heterocycles. The average molecular weight is 268 g/mol. The van der Waals surface area contributed by atoms with Crippen molar-refractivity contribution in [2.45, 2.75) is 0 Å². The summed E-state index contributed by atoms with van der Waals surface area (Å²) in [6, 6.07) is 14.1. The summed E-state index contributed by atoms with van der Waals surface area (Å²) in [5.74, 6) is -0.378. The molecule has 1 heterocycles. The largest absolute Gasteiger partial charge is 0.508 e. The van der Waals surface area contributed by atoms with E-state index in [9.17, 15) is 9.90 Å². The maximum atomic E-state index is 11.7. The van der Waals surface area contributed by atoms with E-state index in [4.69, 9.17) is 5.21 Å². The second-order valence-electron chi connectivity index (χ2n) is 4.39. The lowest BCUT2D eigenvalue weighted by Gasteiger charge is -2.05. The summed E-state index contributed by atoms with van der Waals surface area (Å²) in [6.07, 6.45) is 1.66. The van der Waals surface area contributed by atoms with Gasteiger partial charge in [-0.25, -0.2) is 5.48 Å². The van der Waals surface area contributed by atoms with Gasteiger partial charge in [0.15, 0.2) is 0 Å². The first-order chi connectivity index (χ1) is 9.70. The van der Waals surface area contributed by atoms with E-state index in [2.05, 4.69) is 0 Å². The summed E-state index contributed by atoms with van der Waals surface area (Å²) in [6.45, 7) is 0. The number of hydrogen-bond acceptors (Lipinski definition) is 3. The van der Waals surface area contributed by atoms with E-state index in [0.717, 1.165) is 16.6 Å². The van der Waals surface area contributed by atoms with Gasteiger partial charge in [0.2, 0.25) is 0 Å². The summed E-state index contributed by atoms with van der Waals surface area (Å²) in [5.41, 5.74) is 3.70. The Kier molecular flexibility index (Phi) is 2.89. The van der Waals surface area contributed by atoms with Gasteiger partial charge in [-0.15, -0.1) is 0 Å². The molecule has 100 valence electrons. The molecule has 5 heteroatoms. The van der Waals surface area contributed by atoms with E-state index in [1.165, 1.54) is 0 Å². The number of carbonyl (C=O) groups excluding carboxylic acids is 1. The lowest BCUT2D eigenvalue weighted by Crippen LogP contribution is -2.18. The maximum Gasteiger partial charge on any atom is 0.276 e. The van der Waals surface area contributed by atoms with Crippen molar-refractivity contribution in [1.82, 2.24) is 10.0 Å². The molecule has 20 heavy (non-hydrogen) atoms. The van der Waals surface area contributed by atoms with Gasteiger partial charge in [-0.3, -0.25) is 10.0 Å². The van der Waals surface area contributed by atoms with Crippen molar-refractivity contribution < 1.29 is 15.1 Å². The molecule has 0 aliphatic heterocycles. The number of rotatable bonds is 2. The monoisotopic (exact) mass is 268 g/mol. The van der Waals surface area contributed by atoms with Crippen molar-refractivity contribution >= 4 is 16.8 Å². The Morgan fingerprint density at radius 2 is 1.75 bits per heavy atom. The van der Waals surface area contributed by atoms with Gasteiger partial charge in [0, 0.05) is 17.3 Å². The molecule has 3 rings (SSSR count). The average Bonchev–Trinajstić information content (AvgIpc) is 2.87. The number of phenols is 1. The molecule has 2 aromatic carbocycles. The molecule has 1 amide bonds. The Morgan fingerprint density at radius 3 is 2.45 bits per heavy atom. The number of nitrogens with zero attached hydrogens (tertiary/aromatic N) is 1. The minimum Gasteiger partial charge on any atom is -0.508 e. The molecule has 0 atom stereocenters. The molecule has 3 aromatic rings. The van der Waals surface area contributed by atoms with Gasteiger partial charge in [-0.1, -0.05) is 18.2 Å². The fourth-order valence-corrected chi connectivity index (χ4v) is 2.25. The van der Waals surface area contributed by atoms with E-state index in [1.54, 1.807) is 35.9 Å².